The molecule has 0 aromatic rings. The van der Waals surface area contributed by atoms with Crippen molar-refractivity contribution in [2.24, 2.45) is 0 Å². The predicted molar refractivity (Wildman–Crippen MR) is 61.6 cm³/mol. The second-order valence-corrected chi connectivity index (χ2v) is 4.98. The minimum Gasteiger partial charge on any atom is -0.391 e. The third-order valence-electron chi connectivity index (χ3n) is 3.65. The van der Waals surface area contributed by atoms with E-state index in [-0.39, 0.29) is 12.3 Å². The summed E-state index contributed by atoms with van der Waals surface area (Å²) in [4.78, 5) is 15.8. The maximum atomic E-state index is 11.8. The summed E-state index contributed by atoms with van der Waals surface area (Å²) in [7, 11) is 2.08. The van der Waals surface area contributed by atoms with E-state index in [1.807, 2.05) is 0 Å². The van der Waals surface area contributed by atoms with Gasteiger partial charge in [-0.15, -0.1) is 0 Å². The molecule has 1 amide bonds. The molecule has 0 aliphatic carbocycles. The number of nitrogens with zero attached hydrogens (tertiary/aromatic N) is 3. The average Bonchev–Trinajstić information content (AvgIpc) is 2.81. The number of likely N-dealkylation sites (tertiary alicyclic amines) is 1. The molecule has 6 heteroatoms. The number of carbonyl (C=O) groups is 1. The Hall–Kier alpha value is -1.11. The molecule has 1 atom stereocenters. The molecule has 0 aromatic heterocycles. The quantitative estimate of drug-likeness (QED) is 0.586. The van der Waals surface area contributed by atoms with E-state index >= 15 is 0 Å². The topological polar surface area (TPSA) is 59.1 Å². The molecule has 0 radical (unpaired) electrons. The Kier molecular flexibility index (Phi) is 2.57. The van der Waals surface area contributed by atoms with E-state index in [1.165, 1.54) is 5.70 Å². The van der Waals surface area contributed by atoms with Crippen molar-refractivity contribution in [3.05, 3.63) is 11.4 Å². The largest absolute Gasteiger partial charge is 0.391 e. The molecule has 3 rings (SSSR count). The highest BCUT2D eigenvalue weighted by Gasteiger charge is 2.36. The number of β-amino-alcohol motifs (C(OH)–C–C–N with tert-alkyl or cyclic N) is 1. The van der Waals surface area contributed by atoms with E-state index in [2.05, 4.69) is 22.4 Å². The summed E-state index contributed by atoms with van der Waals surface area (Å²) >= 11 is 0. The molecule has 3 heterocycles. The molecule has 2 fully saturated rings. The first-order chi connectivity index (χ1) is 8.15. The Balaban J connectivity index is 1.86. The molecular weight excluding hydrogens is 220 g/mol. The highest BCUT2D eigenvalue weighted by molar-refractivity contribution is 5.81. The van der Waals surface area contributed by atoms with Crippen molar-refractivity contribution < 1.29 is 9.90 Å². The van der Waals surface area contributed by atoms with Crippen molar-refractivity contribution in [1.29, 1.82) is 0 Å². The van der Waals surface area contributed by atoms with Crippen molar-refractivity contribution in [2.75, 3.05) is 39.8 Å². The number of rotatable bonds is 1. The van der Waals surface area contributed by atoms with E-state index in [0.29, 0.717) is 13.1 Å². The van der Waals surface area contributed by atoms with Gasteiger partial charge >= 0.3 is 0 Å². The van der Waals surface area contributed by atoms with Crippen LogP contribution in [0.25, 0.3) is 0 Å². The first-order valence-electron chi connectivity index (χ1n) is 6.05. The van der Waals surface area contributed by atoms with Crippen LogP contribution in [0.4, 0.5) is 0 Å². The molecule has 6 nitrogen and oxygen atoms in total. The predicted octanol–water partition coefficient (Wildman–Crippen LogP) is -1.44. The molecule has 17 heavy (non-hydrogen) atoms. The summed E-state index contributed by atoms with van der Waals surface area (Å²) in [6.07, 6.45) is -0.252. The van der Waals surface area contributed by atoms with E-state index in [9.17, 15) is 9.90 Å². The summed E-state index contributed by atoms with van der Waals surface area (Å²) in [5.74, 6) is 0.0388. The number of nitrogens with one attached hydrogen (secondary N) is 1. The number of hydrogen-bond acceptors (Lipinski definition) is 5. The van der Waals surface area contributed by atoms with Crippen LogP contribution >= 0.6 is 0 Å². The van der Waals surface area contributed by atoms with Gasteiger partial charge in [0.25, 0.3) is 0 Å². The number of carbonyl (C=O) groups excluding carboxylic acids is 1. The van der Waals surface area contributed by atoms with Crippen LogP contribution < -0.4 is 5.43 Å². The van der Waals surface area contributed by atoms with Gasteiger partial charge in [0, 0.05) is 19.6 Å². The number of aliphatic hydroxyl groups is 1. The van der Waals surface area contributed by atoms with Crippen molar-refractivity contribution in [1.82, 2.24) is 20.2 Å². The molecule has 2 N–H and O–H groups in total. The molecule has 0 spiro atoms. The lowest BCUT2D eigenvalue weighted by atomic mass is 10.2. The normalized spacial score (nSPS) is 30.5. The number of piperazine rings is 1. The van der Waals surface area contributed by atoms with Crippen LogP contribution in [0.3, 0.4) is 0 Å². The Morgan fingerprint density at radius 1 is 1.35 bits per heavy atom. The second-order valence-electron chi connectivity index (χ2n) is 4.98. The maximum Gasteiger partial charge on any atom is 0.229 e. The van der Waals surface area contributed by atoms with E-state index in [0.717, 1.165) is 25.3 Å². The number of amides is 1. The van der Waals surface area contributed by atoms with E-state index in [4.69, 9.17) is 0 Å². The van der Waals surface area contributed by atoms with Crippen LogP contribution in [0, 0.1) is 0 Å². The summed E-state index contributed by atoms with van der Waals surface area (Å²) in [5.41, 5.74) is 5.52. The van der Waals surface area contributed by atoms with Crippen LogP contribution in [0.1, 0.15) is 6.42 Å². The van der Waals surface area contributed by atoms with Gasteiger partial charge in [-0.25, -0.2) is 5.43 Å². The SMILES string of the molecule is CN1CCN2NCC(N3CC(O)CC3=O)=C2C1. The third kappa shape index (κ3) is 1.82. The van der Waals surface area contributed by atoms with Gasteiger partial charge in [0.1, 0.15) is 0 Å². The van der Waals surface area contributed by atoms with Crippen LogP contribution in [0.5, 0.6) is 0 Å². The van der Waals surface area contributed by atoms with E-state index < -0.39 is 6.10 Å². The van der Waals surface area contributed by atoms with Crippen LogP contribution in [-0.4, -0.2) is 71.7 Å². The number of fused-ring (bicyclic) bond motifs is 1. The summed E-state index contributed by atoms with van der Waals surface area (Å²) in [6, 6.07) is 0. The van der Waals surface area contributed by atoms with Crippen molar-refractivity contribution in [3.63, 3.8) is 0 Å². The molecule has 0 saturated carbocycles. The second kappa shape index (κ2) is 3.97. The van der Waals surface area contributed by atoms with E-state index in [1.54, 1.807) is 4.90 Å². The molecule has 0 aromatic carbocycles. The Morgan fingerprint density at radius 3 is 2.88 bits per heavy atom. The average molecular weight is 238 g/mol. The van der Waals surface area contributed by atoms with Gasteiger partial charge in [0.2, 0.25) is 5.91 Å². The Bertz CT molecular complexity index is 382. The number of hydrogen-bond donors (Lipinski definition) is 2. The van der Waals surface area contributed by atoms with Gasteiger partial charge in [-0.05, 0) is 7.05 Å². The lowest BCUT2D eigenvalue weighted by Crippen LogP contribution is -2.45. The monoisotopic (exact) mass is 238 g/mol. The van der Waals surface area contributed by atoms with Gasteiger partial charge < -0.3 is 15.0 Å². The molecular formula is C11H18N4O2. The first kappa shape index (κ1) is 11.0. The zero-order chi connectivity index (χ0) is 12.0. The first-order valence-corrected chi connectivity index (χ1v) is 6.05. The fraction of sp³-hybridized carbons (Fsp3) is 0.727. The van der Waals surface area contributed by atoms with Crippen molar-refractivity contribution >= 4 is 5.91 Å². The van der Waals surface area contributed by atoms with Gasteiger partial charge in [-0.1, -0.05) is 0 Å². The number of likely N-dealkylation sites (N-methyl/N-ethyl adjacent to an activating group) is 1. The smallest absolute Gasteiger partial charge is 0.229 e. The number of aliphatic hydroxyl groups excluding tert-OH is 1. The molecule has 94 valence electrons. The number of hydrazine groups is 1. The lowest BCUT2D eigenvalue weighted by molar-refractivity contribution is -0.126. The zero-order valence-electron chi connectivity index (χ0n) is 10.0. The van der Waals surface area contributed by atoms with Crippen molar-refractivity contribution in [3.8, 4) is 0 Å². The summed E-state index contributed by atoms with van der Waals surface area (Å²) in [6.45, 7) is 3.97. The maximum absolute atomic E-state index is 11.8. The molecule has 3 aliphatic rings. The highest BCUT2D eigenvalue weighted by atomic mass is 16.3. The fourth-order valence-electron chi connectivity index (χ4n) is 2.72. The molecule has 2 saturated heterocycles. The van der Waals surface area contributed by atoms with Gasteiger partial charge in [0.15, 0.2) is 0 Å². The van der Waals surface area contributed by atoms with Gasteiger partial charge in [-0.2, -0.15) is 0 Å². The lowest BCUT2D eigenvalue weighted by Gasteiger charge is -2.33. The summed E-state index contributed by atoms with van der Waals surface area (Å²) < 4.78 is 0. The molecule has 3 aliphatic heterocycles. The highest BCUT2D eigenvalue weighted by Crippen LogP contribution is 2.26. The van der Waals surface area contributed by atoms with Crippen LogP contribution in [0.2, 0.25) is 0 Å². The third-order valence-corrected chi connectivity index (χ3v) is 3.65. The van der Waals surface area contributed by atoms with Crippen LogP contribution in [0.15, 0.2) is 11.4 Å². The molecule has 1 unspecified atom stereocenters. The van der Waals surface area contributed by atoms with Crippen molar-refractivity contribution in [2.45, 2.75) is 12.5 Å². The Labute approximate surface area is 100 Å². The summed E-state index contributed by atoms with van der Waals surface area (Å²) in [5, 5.41) is 11.7. The Morgan fingerprint density at radius 2 is 2.18 bits per heavy atom. The van der Waals surface area contributed by atoms with Gasteiger partial charge in [0.05, 0.1) is 37.0 Å². The fourth-order valence-corrected chi connectivity index (χ4v) is 2.72. The standard InChI is InChI=1S/C11H18N4O2/c1-13-2-3-15-10(7-13)9(5-12-15)14-6-8(16)4-11(14)17/h8,12,16H,2-7H2,1H3. The molecule has 0 bridgehead atoms. The van der Waals surface area contributed by atoms with Gasteiger partial charge in [-0.3, -0.25) is 9.69 Å². The van der Waals surface area contributed by atoms with Crippen LogP contribution in [-0.2, 0) is 4.79 Å². The minimum absolute atomic E-state index is 0.0388. The zero-order valence-corrected chi connectivity index (χ0v) is 10.0. The minimum atomic E-state index is -0.508.